The summed E-state index contributed by atoms with van der Waals surface area (Å²) in [6, 6.07) is 7.46. The quantitative estimate of drug-likeness (QED) is 0.720. The van der Waals surface area contributed by atoms with Crippen molar-refractivity contribution in [3.8, 4) is 0 Å². The van der Waals surface area contributed by atoms with Crippen molar-refractivity contribution in [3.63, 3.8) is 0 Å². The molecular formula is C18H24N2O3. The average Bonchev–Trinajstić information content (AvgIpc) is 2.98. The first-order valence-corrected chi connectivity index (χ1v) is 8.16. The van der Waals surface area contributed by atoms with Crippen LogP contribution in [0.2, 0.25) is 0 Å². The van der Waals surface area contributed by atoms with Gasteiger partial charge in [0, 0.05) is 35.5 Å². The van der Waals surface area contributed by atoms with Crippen LogP contribution in [-0.4, -0.2) is 23.5 Å². The van der Waals surface area contributed by atoms with Crippen molar-refractivity contribution < 1.29 is 14.3 Å². The molecule has 2 N–H and O–H groups in total. The summed E-state index contributed by atoms with van der Waals surface area (Å²) in [6.45, 7) is 4.26. The normalized spacial score (nSPS) is 12.1. The Morgan fingerprint density at radius 2 is 2.04 bits per heavy atom. The molecule has 0 saturated carbocycles. The minimum atomic E-state index is -0.474. The number of rotatable bonds is 8. The summed E-state index contributed by atoms with van der Waals surface area (Å²) in [5.74, 6) is 0.106. The summed E-state index contributed by atoms with van der Waals surface area (Å²) < 4.78 is 5.17. The smallest absolute Gasteiger partial charge is 0.407 e. The van der Waals surface area contributed by atoms with E-state index in [-0.39, 0.29) is 18.2 Å². The van der Waals surface area contributed by atoms with E-state index in [0.717, 1.165) is 29.3 Å². The fourth-order valence-electron chi connectivity index (χ4n) is 2.49. The predicted octanol–water partition coefficient (Wildman–Crippen LogP) is 4.10. The number of carbonyl (C=O) groups is 2. The lowest BCUT2D eigenvalue weighted by atomic mass is 10.00. The lowest BCUT2D eigenvalue weighted by Crippen LogP contribution is -2.30. The summed E-state index contributed by atoms with van der Waals surface area (Å²) >= 11 is 0. The molecule has 0 bridgehead atoms. The predicted molar refractivity (Wildman–Crippen MR) is 90.3 cm³/mol. The van der Waals surface area contributed by atoms with Crippen molar-refractivity contribution in [3.05, 3.63) is 36.0 Å². The van der Waals surface area contributed by atoms with Gasteiger partial charge >= 0.3 is 6.09 Å². The van der Waals surface area contributed by atoms with Gasteiger partial charge in [-0.05, 0) is 12.5 Å². The Morgan fingerprint density at radius 1 is 1.26 bits per heavy atom. The number of hydrogen-bond acceptors (Lipinski definition) is 3. The van der Waals surface area contributed by atoms with E-state index < -0.39 is 6.09 Å². The molecule has 23 heavy (non-hydrogen) atoms. The number of carbonyl (C=O) groups excluding carboxylic acids is 2. The molecule has 1 atom stereocenters. The van der Waals surface area contributed by atoms with E-state index >= 15 is 0 Å². The monoisotopic (exact) mass is 316 g/mol. The zero-order valence-corrected chi connectivity index (χ0v) is 13.7. The van der Waals surface area contributed by atoms with Crippen LogP contribution in [0.25, 0.3) is 10.9 Å². The van der Waals surface area contributed by atoms with Crippen LogP contribution in [0.4, 0.5) is 4.79 Å². The second-order valence-corrected chi connectivity index (χ2v) is 5.57. The Balaban J connectivity index is 2.17. The van der Waals surface area contributed by atoms with E-state index in [4.69, 9.17) is 4.74 Å². The maximum absolute atomic E-state index is 12.0. The first-order valence-electron chi connectivity index (χ1n) is 8.16. The standard InChI is InChI=1S/C18H24N2O3/c1-3-5-10-23-18(22)20-17(11-13(21)4-2)15-12-19-16-9-7-6-8-14(15)16/h6-9,12,17,19H,3-5,10-11H2,1-2H3,(H,20,22). The Kier molecular flexibility index (Phi) is 6.20. The van der Waals surface area contributed by atoms with Gasteiger partial charge in [0.1, 0.15) is 5.78 Å². The second-order valence-electron chi connectivity index (χ2n) is 5.57. The summed E-state index contributed by atoms with van der Waals surface area (Å²) in [4.78, 5) is 27.0. The Labute approximate surface area is 136 Å². The molecule has 1 aromatic heterocycles. The maximum atomic E-state index is 12.0. The highest BCUT2D eigenvalue weighted by Gasteiger charge is 2.21. The molecule has 5 nitrogen and oxygen atoms in total. The van der Waals surface area contributed by atoms with Gasteiger partial charge in [0.2, 0.25) is 0 Å². The van der Waals surface area contributed by atoms with Crippen molar-refractivity contribution in [1.29, 1.82) is 0 Å². The molecule has 1 amide bonds. The Morgan fingerprint density at radius 3 is 2.78 bits per heavy atom. The minimum Gasteiger partial charge on any atom is -0.450 e. The molecule has 0 aliphatic heterocycles. The van der Waals surface area contributed by atoms with Crippen LogP contribution >= 0.6 is 0 Å². The molecule has 0 fully saturated rings. The lowest BCUT2D eigenvalue weighted by molar-refractivity contribution is -0.119. The maximum Gasteiger partial charge on any atom is 0.407 e. The molecular weight excluding hydrogens is 292 g/mol. The summed E-state index contributed by atoms with van der Waals surface area (Å²) in [7, 11) is 0. The minimum absolute atomic E-state index is 0.106. The molecule has 1 heterocycles. The van der Waals surface area contributed by atoms with Crippen LogP contribution in [0.3, 0.4) is 0 Å². The number of para-hydroxylation sites is 1. The number of alkyl carbamates (subject to hydrolysis) is 1. The Hall–Kier alpha value is -2.30. The third kappa shape index (κ3) is 4.58. The van der Waals surface area contributed by atoms with Gasteiger partial charge in [0.15, 0.2) is 0 Å². The fourth-order valence-corrected chi connectivity index (χ4v) is 2.49. The summed E-state index contributed by atoms with van der Waals surface area (Å²) in [6.07, 6.45) is 3.89. The van der Waals surface area contributed by atoms with Gasteiger partial charge in [-0.15, -0.1) is 0 Å². The van der Waals surface area contributed by atoms with Crippen LogP contribution < -0.4 is 5.32 Å². The molecule has 124 valence electrons. The molecule has 0 aliphatic carbocycles. The molecule has 0 radical (unpaired) electrons. The number of fused-ring (bicyclic) bond motifs is 1. The highest BCUT2D eigenvalue weighted by Crippen LogP contribution is 2.26. The number of benzene rings is 1. The van der Waals surface area contributed by atoms with Crippen molar-refractivity contribution in [2.24, 2.45) is 0 Å². The number of nitrogens with one attached hydrogen (secondary N) is 2. The van der Waals surface area contributed by atoms with Gasteiger partial charge < -0.3 is 15.0 Å². The first-order chi connectivity index (χ1) is 11.2. The van der Waals surface area contributed by atoms with E-state index in [1.807, 2.05) is 44.3 Å². The topological polar surface area (TPSA) is 71.2 Å². The number of amides is 1. The number of unbranched alkanes of at least 4 members (excludes halogenated alkanes) is 1. The molecule has 0 aliphatic rings. The average molecular weight is 316 g/mol. The summed E-state index contributed by atoms with van der Waals surface area (Å²) in [5.41, 5.74) is 1.90. The third-order valence-corrected chi connectivity index (χ3v) is 3.85. The largest absolute Gasteiger partial charge is 0.450 e. The van der Waals surface area contributed by atoms with Crippen molar-refractivity contribution >= 4 is 22.8 Å². The van der Waals surface area contributed by atoms with Gasteiger partial charge in [-0.1, -0.05) is 38.5 Å². The van der Waals surface area contributed by atoms with Crippen LogP contribution in [0, 0.1) is 0 Å². The molecule has 2 rings (SSSR count). The van der Waals surface area contributed by atoms with Gasteiger partial charge in [0.25, 0.3) is 0 Å². The third-order valence-electron chi connectivity index (χ3n) is 3.85. The van der Waals surface area contributed by atoms with Gasteiger partial charge in [-0.25, -0.2) is 4.79 Å². The van der Waals surface area contributed by atoms with E-state index in [2.05, 4.69) is 10.3 Å². The zero-order chi connectivity index (χ0) is 16.7. The second kappa shape index (κ2) is 8.36. The van der Waals surface area contributed by atoms with E-state index in [1.54, 1.807) is 0 Å². The number of Topliss-reactive ketones (excluding diaryl/α,β-unsaturated/α-hetero) is 1. The van der Waals surface area contributed by atoms with Crippen molar-refractivity contribution in [2.45, 2.75) is 45.6 Å². The number of H-pyrrole nitrogens is 1. The van der Waals surface area contributed by atoms with Crippen LogP contribution in [0.1, 0.15) is 51.1 Å². The van der Waals surface area contributed by atoms with Crippen LogP contribution in [0.15, 0.2) is 30.5 Å². The zero-order valence-electron chi connectivity index (χ0n) is 13.7. The van der Waals surface area contributed by atoms with Crippen LogP contribution in [0.5, 0.6) is 0 Å². The number of hydrogen-bond donors (Lipinski definition) is 2. The highest BCUT2D eigenvalue weighted by atomic mass is 16.5. The molecule has 0 spiro atoms. The van der Waals surface area contributed by atoms with E-state index in [0.29, 0.717) is 13.0 Å². The molecule has 1 unspecified atom stereocenters. The molecule has 1 aromatic carbocycles. The van der Waals surface area contributed by atoms with Gasteiger partial charge in [0.05, 0.1) is 12.6 Å². The fraction of sp³-hybridized carbons (Fsp3) is 0.444. The van der Waals surface area contributed by atoms with Crippen LogP contribution in [-0.2, 0) is 9.53 Å². The number of ketones is 1. The highest BCUT2D eigenvalue weighted by molar-refractivity contribution is 5.86. The Bertz CT molecular complexity index is 663. The SMILES string of the molecule is CCCCOC(=O)NC(CC(=O)CC)c1c[nH]c2ccccc12. The lowest BCUT2D eigenvalue weighted by Gasteiger charge is -2.17. The molecule has 0 saturated heterocycles. The number of aromatic amines is 1. The van der Waals surface area contributed by atoms with E-state index in [1.165, 1.54) is 0 Å². The van der Waals surface area contributed by atoms with Crippen molar-refractivity contribution in [2.75, 3.05) is 6.61 Å². The molecule has 5 heteroatoms. The first kappa shape index (κ1) is 17.1. The summed E-state index contributed by atoms with van der Waals surface area (Å²) in [5, 5.41) is 3.84. The van der Waals surface area contributed by atoms with E-state index in [9.17, 15) is 9.59 Å². The number of aromatic nitrogens is 1. The molecule has 2 aromatic rings. The number of ether oxygens (including phenoxy) is 1. The van der Waals surface area contributed by atoms with Crippen molar-refractivity contribution in [1.82, 2.24) is 10.3 Å². The van der Waals surface area contributed by atoms with Gasteiger partial charge in [-0.2, -0.15) is 0 Å². The van der Waals surface area contributed by atoms with Gasteiger partial charge in [-0.3, -0.25) is 4.79 Å².